The third-order valence-corrected chi connectivity index (χ3v) is 6.42. The number of rotatable bonds is 6. The second-order valence-electron chi connectivity index (χ2n) is 6.35. The first kappa shape index (κ1) is 19.3. The molecule has 2 aromatic carbocycles. The van der Waals surface area contributed by atoms with E-state index in [4.69, 9.17) is 0 Å². The maximum absolute atomic E-state index is 13.2. The Morgan fingerprint density at radius 3 is 2.66 bits per heavy atom. The summed E-state index contributed by atoms with van der Waals surface area (Å²) in [5, 5.41) is 6.11. The Labute approximate surface area is 176 Å². The van der Waals surface area contributed by atoms with Crippen molar-refractivity contribution in [3.8, 4) is 0 Å². The van der Waals surface area contributed by atoms with E-state index in [1.54, 1.807) is 35.6 Å². The average molecular weight is 420 g/mol. The molecule has 4 aromatic rings. The summed E-state index contributed by atoms with van der Waals surface area (Å²) >= 11 is 2.93. The van der Waals surface area contributed by atoms with Crippen LogP contribution in [0.25, 0.3) is 10.2 Å². The topological polar surface area (TPSA) is 72.0 Å². The number of Topliss-reactive ketones (excluding diaryl/α,β-unsaturated/α-hetero) is 1. The molecule has 0 aliphatic carbocycles. The molecule has 2 heterocycles. The summed E-state index contributed by atoms with van der Waals surface area (Å²) in [5.41, 5.74) is 2.02. The number of aromatic nitrogens is 2. The monoisotopic (exact) mass is 419 g/mol. The minimum Gasteiger partial charge on any atom is -0.325 e. The van der Waals surface area contributed by atoms with Crippen LogP contribution in [0.4, 0.5) is 5.69 Å². The van der Waals surface area contributed by atoms with E-state index in [-0.39, 0.29) is 11.7 Å². The number of nitrogens with zero attached hydrogens (tertiary/aromatic N) is 2. The van der Waals surface area contributed by atoms with Gasteiger partial charge in [-0.2, -0.15) is 0 Å². The van der Waals surface area contributed by atoms with E-state index < -0.39 is 5.25 Å². The van der Waals surface area contributed by atoms with E-state index >= 15 is 0 Å². The summed E-state index contributed by atoms with van der Waals surface area (Å²) in [5.74, 6) is -0.222. The highest BCUT2D eigenvalue weighted by Crippen LogP contribution is 2.38. The molecule has 0 unspecified atom stereocenters. The van der Waals surface area contributed by atoms with Crippen molar-refractivity contribution in [3.05, 3.63) is 83.5 Å². The zero-order valence-corrected chi connectivity index (χ0v) is 17.2. The molecule has 0 spiro atoms. The smallest absolute Gasteiger partial charge is 0.242 e. The molecule has 1 amide bonds. The highest BCUT2D eigenvalue weighted by Gasteiger charge is 2.24. The van der Waals surface area contributed by atoms with Crippen molar-refractivity contribution in [2.75, 3.05) is 5.32 Å². The van der Waals surface area contributed by atoms with Crippen LogP contribution in [0.2, 0.25) is 0 Å². The first-order valence-corrected chi connectivity index (χ1v) is 10.7. The molecule has 5 nitrogen and oxygen atoms in total. The lowest BCUT2D eigenvalue weighted by Gasteiger charge is -2.17. The van der Waals surface area contributed by atoms with Crippen molar-refractivity contribution in [1.29, 1.82) is 0 Å². The molecule has 0 radical (unpaired) electrons. The van der Waals surface area contributed by atoms with Gasteiger partial charge in [-0.1, -0.05) is 54.2 Å². The highest BCUT2D eigenvalue weighted by molar-refractivity contribution is 8.00. The zero-order chi connectivity index (χ0) is 20.2. The quantitative estimate of drug-likeness (QED) is 0.259. The Morgan fingerprint density at radius 2 is 1.86 bits per heavy atom. The lowest BCUT2D eigenvalue weighted by molar-refractivity contribution is -0.115. The minimum absolute atomic E-state index is 0.0454. The molecule has 0 saturated carbocycles. The van der Waals surface area contributed by atoms with Crippen LogP contribution in [0.1, 0.15) is 28.1 Å². The fourth-order valence-corrected chi connectivity index (χ4v) is 4.78. The molecular weight excluding hydrogens is 402 g/mol. The Morgan fingerprint density at radius 1 is 1.03 bits per heavy atom. The van der Waals surface area contributed by atoms with Gasteiger partial charge in [-0.15, -0.1) is 11.3 Å². The molecule has 144 valence electrons. The first-order chi connectivity index (χ1) is 14.1. The Bertz CT molecular complexity index is 1170. The third kappa shape index (κ3) is 4.36. The largest absolute Gasteiger partial charge is 0.325 e. The molecule has 2 aromatic heterocycles. The predicted molar refractivity (Wildman–Crippen MR) is 118 cm³/mol. The molecule has 0 aliphatic rings. The van der Waals surface area contributed by atoms with Gasteiger partial charge in [0, 0.05) is 16.6 Å². The molecule has 0 fully saturated rings. The van der Waals surface area contributed by atoms with Crippen LogP contribution >= 0.6 is 23.1 Å². The number of benzene rings is 2. The molecule has 29 heavy (non-hydrogen) atoms. The average Bonchev–Trinajstić information content (AvgIpc) is 3.22. The van der Waals surface area contributed by atoms with Crippen molar-refractivity contribution < 1.29 is 9.59 Å². The van der Waals surface area contributed by atoms with Crippen LogP contribution in [-0.4, -0.2) is 21.7 Å². The Hall–Kier alpha value is -3.03. The van der Waals surface area contributed by atoms with Gasteiger partial charge in [-0.25, -0.2) is 9.97 Å². The van der Waals surface area contributed by atoms with Crippen LogP contribution in [0.15, 0.2) is 77.4 Å². The Kier molecular flexibility index (Phi) is 5.69. The fraction of sp³-hybridized carbons (Fsp3) is 0.0909. The van der Waals surface area contributed by atoms with Gasteiger partial charge in [0.2, 0.25) is 5.91 Å². The lowest BCUT2D eigenvalue weighted by atomic mass is 10.1. The summed E-state index contributed by atoms with van der Waals surface area (Å²) in [7, 11) is 0. The fourth-order valence-electron chi connectivity index (χ4n) is 2.90. The van der Waals surface area contributed by atoms with Gasteiger partial charge in [-0.3, -0.25) is 9.59 Å². The first-order valence-electron chi connectivity index (χ1n) is 8.93. The minimum atomic E-state index is -0.504. The highest BCUT2D eigenvalue weighted by atomic mass is 32.2. The molecule has 1 atom stereocenters. The molecule has 0 aliphatic heterocycles. The SMILES string of the molecule is CC(=O)c1cccc(NC(=O)[C@@H](Sc2ncnc3sccc23)c2ccccc2)c1. The third-order valence-electron chi connectivity index (χ3n) is 4.33. The summed E-state index contributed by atoms with van der Waals surface area (Å²) in [6.45, 7) is 1.50. The van der Waals surface area contributed by atoms with E-state index in [0.717, 1.165) is 20.8 Å². The normalized spacial score (nSPS) is 11.9. The van der Waals surface area contributed by atoms with Crippen molar-refractivity contribution in [2.24, 2.45) is 0 Å². The van der Waals surface area contributed by atoms with Gasteiger partial charge in [0.1, 0.15) is 21.4 Å². The van der Waals surface area contributed by atoms with Crippen LogP contribution in [-0.2, 0) is 4.79 Å². The molecule has 4 rings (SSSR count). The van der Waals surface area contributed by atoms with E-state index in [0.29, 0.717) is 11.3 Å². The van der Waals surface area contributed by atoms with Gasteiger partial charge in [0.05, 0.1) is 0 Å². The number of thiophene rings is 1. The number of ketones is 1. The lowest BCUT2D eigenvalue weighted by Crippen LogP contribution is -2.19. The van der Waals surface area contributed by atoms with Gasteiger partial charge < -0.3 is 5.32 Å². The predicted octanol–water partition coefficient (Wildman–Crippen LogP) is 5.37. The summed E-state index contributed by atoms with van der Waals surface area (Å²) in [6, 6.07) is 18.5. The van der Waals surface area contributed by atoms with E-state index in [9.17, 15) is 9.59 Å². The second kappa shape index (κ2) is 8.55. The van der Waals surface area contributed by atoms with Gasteiger partial charge in [-0.05, 0) is 36.1 Å². The number of anilines is 1. The van der Waals surface area contributed by atoms with E-state index in [2.05, 4.69) is 15.3 Å². The van der Waals surface area contributed by atoms with Crippen molar-refractivity contribution in [3.63, 3.8) is 0 Å². The summed E-state index contributed by atoms with van der Waals surface area (Å²) in [6.07, 6.45) is 1.53. The molecule has 1 N–H and O–H groups in total. The Balaban J connectivity index is 1.66. The van der Waals surface area contributed by atoms with Crippen molar-refractivity contribution in [1.82, 2.24) is 9.97 Å². The van der Waals surface area contributed by atoms with Crippen LogP contribution in [0.5, 0.6) is 0 Å². The molecule has 7 heteroatoms. The number of carbonyl (C=O) groups excluding carboxylic acids is 2. The van der Waals surface area contributed by atoms with Gasteiger partial charge >= 0.3 is 0 Å². The van der Waals surface area contributed by atoms with Gasteiger partial charge in [0.15, 0.2) is 5.78 Å². The standard InChI is InChI=1S/C22H17N3O2S2/c1-14(26)16-8-5-9-17(12-16)25-20(27)19(15-6-3-2-4-7-15)29-22-18-10-11-28-21(18)23-13-24-22/h2-13,19H,1H3,(H,25,27)/t19-/m0/s1. The maximum atomic E-state index is 13.2. The van der Waals surface area contributed by atoms with E-state index in [1.807, 2.05) is 41.8 Å². The van der Waals surface area contributed by atoms with Crippen molar-refractivity contribution >= 4 is 50.7 Å². The van der Waals surface area contributed by atoms with Crippen molar-refractivity contribution in [2.45, 2.75) is 17.2 Å². The molecule has 0 saturated heterocycles. The number of hydrogen-bond donors (Lipinski definition) is 1. The number of hydrogen-bond acceptors (Lipinski definition) is 6. The maximum Gasteiger partial charge on any atom is 0.242 e. The number of thioether (sulfide) groups is 1. The number of amides is 1. The number of nitrogens with one attached hydrogen (secondary N) is 1. The van der Waals surface area contributed by atoms with Crippen LogP contribution in [0, 0.1) is 0 Å². The van der Waals surface area contributed by atoms with E-state index in [1.165, 1.54) is 25.0 Å². The van der Waals surface area contributed by atoms with Crippen LogP contribution in [0.3, 0.4) is 0 Å². The summed E-state index contributed by atoms with van der Waals surface area (Å²) < 4.78 is 0. The molecular formula is C22H17N3O2S2. The number of carbonyl (C=O) groups is 2. The molecule has 0 bridgehead atoms. The van der Waals surface area contributed by atoms with Gasteiger partial charge in [0.25, 0.3) is 0 Å². The zero-order valence-electron chi connectivity index (χ0n) is 15.5. The summed E-state index contributed by atoms with van der Waals surface area (Å²) in [4.78, 5) is 34.4. The second-order valence-corrected chi connectivity index (χ2v) is 8.34. The number of fused-ring (bicyclic) bond motifs is 1. The van der Waals surface area contributed by atoms with Crippen LogP contribution < -0.4 is 5.32 Å².